The monoisotopic (exact) mass is 267 g/mol. The van der Waals surface area contributed by atoms with Crippen LogP contribution in [0.15, 0.2) is 12.7 Å². The van der Waals surface area contributed by atoms with Gasteiger partial charge < -0.3 is 5.32 Å². The van der Waals surface area contributed by atoms with Gasteiger partial charge in [0.25, 0.3) is 0 Å². The first-order valence-electron chi connectivity index (χ1n) is 8.73. The SMILES string of the molecule is C=CCCCCCCCCCCCCCCNCC. The fourth-order valence-electron chi connectivity index (χ4n) is 2.48. The van der Waals surface area contributed by atoms with Gasteiger partial charge in [-0.1, -0.05) is 77.2 Å². The van der Waals surface area contributed by atoms with Gasteiger partial charge in [-0.2, -0.15) is 0 Å². The number of rotatable bonds is 16. The maximum atomic E-state index is 3.76. The molecule has 0 aromatic heterocycles. The molecule has 19 heavy (non-hydrogen) atoms. The van der Waals surface area contributed by atoms with Crippen LogP contribution >= 0.6 is 0 Å². The lowest BCUT2D eigenvalue weighted by Gasteiger charge is -2.03. The number of unbranched alkanes of at least 4 members (excludes halogenated alkanes) is 12. The zero-order valence-electron chi connectivity index (χ0n) is 13.4. The third-order valence-electron chi connectivity index (χ3n) is 3.76. The van der Waals surface area contributed by atoms with Crippen LogP contribution in [-0.4, -0.2) is 13.1 Å². The first-order valence-corrected chi connectivity index (χ1v) is 8.73. The van der Waals surface area contributed by atoms with Crippen molar-refractivity contribution >= 4 is 0 Å². The van der Waals surface area contributed by atoms with E-state index in [9.17, 15) is 0 Å². The first-order chi connectivity index (χ1) is 9.41. The summed E-state index contributed by atoms with van der Waals surface area (Å²) in [7, 11) is 0. The van der Waals surface area contributed by atoms with Crippen LogP contribution in [0, 0.1) is 0 Å². The summed E-state index contributed by atoms with van der Waals surface area (Å²) >= 11 is 0. The Morgan fingerprint density at radius 3 is 1.53 bits per heavy atom. The minimum atomic E-state index is 1.12. The molecule has 1 N–H and O–H groups in total. The van der Waals surface area contributed by atoms with Crippen molar-refractivity contribution in [1.82, 2.24) is 5.32 Å². The van der Waals surface area contributed by atoms with Gasteiger partial charge in [0.2, 0.25) is 0 Å². The van der Waals surface area contributed by atoms with Crippen molar-refractivity contribution in [1.29, 1.82) is 0 Å². The molecule has 0 spiro atoms. The predicted molar refractivity (Wildman–Crippen MR) is 88.8 cm³/mol. The van der Waals surface area contributed by atoms with E-state index >= 15 is 0 Å². The topological polar surface area (TPSA) is 12.0 Å². The molecule has 0 unspecified atom stereocenters. The van der Waals surface area contributed by atoms with Crippen molar-refractivity contribution in [3.05, 3.63) is 12.7 Å². The molecule has 0 saturated carbocycles. The molecule has 0 amide bonds. The molecule has 0 rings (SSSR count). The Labute approximate surface area is 122 Å². The van der Waals surface area contributed by atoms with Crippen molar-refractivity contribution in [2.75, 3.05) is 13.1 Å². The van der Waals surface area contributed by atoms with Gasteiger partial charge in [-0.15, -0.1) is 6.58 Å². The molecule has 0 aliphatic rings. The Hall–Kier alpha value is -0.300. The van der Waals surface area contributed by atoms with E-state index in [-0.39, 0.29) is 0 Å². The average Bonchev–Trinajstić information content (AvgIpc) is 2.43. The summed E-state index contributed by atoms with van der Waals surface area (Å²) in [5.41, 5.74) is 0. The number of hydrogen-bond donors (Lipinski definition) is 1. The molecule has 114 valence electrons. The van der Waals surface area contributed by atoms with E-state index in [1.165, 1.54) is 90.0 Å². The van der Waals surface area contributed by atoms with Gasteiger partial charge in [-0.25, -0.2) is 0 Å². The van der Waals surface area contributed by atoms with Crippen LogP contribution in [0.3, 0.4) is 0 Å². The van der Waals surface area contributed by atoms with Gasteiger partial charge in [0, 0.05) is 0 Å². The summed E-state index contributed by atoms with van der Waals surface area (Å²) in [4.78, 5) is 0. The van der Waals surface area contributed by atoms with Gasteiger partial charge in [0.1, 0.15) is 0 Å². The quantitative estimate of drug-likeness (QED) is 0.273. The van der Waals surface area contributed by atoms with Crippen molar-refractivity contribution in [3.8, 4) is 0 Å². The van der Waals surface area contributed by atoms with Crippen LogP contribution in [0.25, 0.3) is 0 Å². The molecule has 0 fully saturated rings. The van der Waals surface area contributed by atoms with E-state index in [1.54, 1.807) is 0 Å². The van der Waals surface area contributed by atoms with E-state index in [0.29, 0.717) is 0 Å². The Morgan fingerprint density at radius 2 is 1.11 bits per heavy atom. The highest BCUT2D eigenvalue weighted by Gasteiger charge is 1.93. The Balaban J connectivity index is 2.89. The normalized spacial score (nSPS) is 10.8. The Kier molecular flexibility index (Phi) is 17.4. The van der Waals surface area contributed by atoms with Crippen molar-refractivity contribution < 1.29 is 0 Å². The lowest BCUT2D eigenvalue weighted by Crippen LogP contribution is -2.13. The molecule has 1 heteroatoms. The van der Waals surface area contributed by atoms with E-state index in [0.717, 1.165) is 6.54 Å². The number of nitrogens with one attached hydrogen (secondary N) is 1. The average molecular weight is 268 g/mol. The van der Waals surface area contributed by atoms with Gasteiger partial charge in [0.05, 0.1) is 0 Å². The second-order valence-corrected chi connectivity index (χ2v) is 5.67. The van der Waals surface area contributed by atoms with Crippen LogP contribution in [0.4, 0.5) is 0 Å². The lowest BCUT2D eigenvalue weighted by molar-refractivity contribution is 0.536. The fraction of sp³-hybridized carbons (Fsp3) is 0.889. The van der Waals surface area contributed by atoms with Crippen molar-refractivity contribution in [2.24, 2.45) is 0 Å². The third-order valence-corrected chi connectivity index (χ3v) is 3.76. The zero-order chi connectivity index (χ0) is 14.0. The minimum absolute atomic E-state index is 1.12. The molecule has 0 aromatic carbocycles. The van der Waals surface area contributed by atoms with E-state index in [4.69, 9.17) is 0 Å². The van der Waals surface area contributed by atoms with Crippen LogP contribution in [-0.2, 0) is 0 Å². The molecule has 0 aliphatic heterocycles. The van der Waals surface area contributed by atoms with Gasteiger partial charge >= 0.3 is 0 Å². The zero-order valence-corrected chi connectivity index (χ0v) is 13.4. The highest BCUT2D eigenvalue weighted by atomic mass is 14.8. The second-order valence-electron chi connectivity index (χ2n) is 5.67. The Morgan fingerprint density at radius 1 is 0.684 bits per heavy atom. The summed E-state index contributed by atoms with van der Waals surface area (Å²) < 4.78 is 0. The molecule has 1 nitrogen and oxygen atoms in total. The molecule has 0 aliphatic carbocycles. The van der Waals surface area contributed by atoms with Gasteiger partial charge in [-0.3, -0.25) is 0 Å². The molecular weight excluding hydrogens is 230 g/mol. The number of allylic oxidation sites excluding steroid dienone is 1. The predicted octanol–water partition coefficient (Wildman–Crippen LogP) is 5.85. The summed E-state index contributed by atoms with van der Waals surface area (Å²) in [5, 5.41) is 3.39. The van der Waals surface area contributed by atoms with Crippen molar-refractivity contribution in [3.63, 3.8) is 0 Å². The van der Waals surface area contributed by atoms with Crippen molar-refractivity contribution in [2.45, 2.75) is 90.4 Å². The largest absolute Gasteiger partial charge is 0.317 e. The van der Waals surface area contributed by atoms with Crippen LogP contribution in [0.5, 0.6) is 0 Å². The molecule has 0 radical (unpaired) electrons. The molecule has 0 saturated heterocycles. The second kappa shape index (κ2) is 17.7. The van der Waals surface area contributed by atoms with Crippen LogP contribution in [0.2, 0.25) is 0 Å². The molecule has 0 heterocycles. The summed E-state index contributed by atoms with van der Waals surface area (Å²) in [5.74, 6) is 0. The highest BCUT2D eigenvalue weighted by molar-refractivity contribution is 4.65. The summed E-state index contributed by atoms with van der Waals surface area (Å²) in [6, 6.07) is 0. The molecule has 0 aromatic rings. The molecule has 0 bridgehead atoms. The van der Waals surface area contributed by atoms with Crippen LogP contribution in [0.1, 0.15) is 90.4 Å². The maximum absolute atomic E-state index is 3.76. The van der Waals surface area contributed by atoms with E-state index < -0.39 is 0 Å². The third kappa shape index (κ3) is 17.7. The van der Waals surface area contributed by atoms with Gasteiger partial charge in [-0.05, 0) is 32.4 Å². The van der Waals surface area contributed by atoms with Gasteiger partial charge in [0.15, 0.2) is 0 Å². The number of hydrogen-bond acceptors (Lipinski definition) is 1. The summed E-state index contributed by atoms with van der Waals surface area (Å²) in [6.45, 7) is 8.27. The maximum Gasteiger partial charge on any atom is -0.00490 e. The summed E-state index contributed by atoms with van der Waals surface area (Å²) in [6.07, 6.45) is 20.3. The van der Waals surface area contributed by atoms with E-state index in [2.05, 4.69) is 18.8 Å². The van der Waals surface area contributed by atoms with Crippen LogP contribution < -0.4 is 5.32 Å². The fourth-order valence-corrected chi connectivity index (χ4v) is 2.48. The van der Waals surface area contributed by atoms with E-state index in [1.807, 2.05) is 6.08 Å². The molecule has 0 atom stereocenters. The Bertz CT molecular complexity index is 165. The first kappa shape index (κ1) is 18.7. The minimum Gasteiger partial charge on any atom is -0.317 e. The standard InChI is InChI=1S/C18H37N/c1-3-5-6-7-8-9-10-11-12-13-14-15-16-17-18-19-4-2/h3,19H,1,4-18H2,2H3. The smallest absolute Gasteiger partial charge is 0.00490 e. The molecular formula is C18H37N. The highest BCUT2D eigenvalue weighted by Crippen LogP contribution is 2.12. The lowest BCUT2D eigenvalue weighted by atomic mass is 10.0.